The molecule has 0 saturated heterocycles. The topological polar surface area (TPSA) is 50.7 Å². The number of carbonyl (C=O) groups excluding carboxylic acids is 1. The van der Waals surface area contributed by atoms with Gasteiger partial charge in [-0.25, -0.2) is 5.43 Å². The molecule has 5 heteroatoms. The zero-order chi connectivity index (χ0) is 17.3. The zero-order valence-electron chi connectivity index (χ0n) is 14.5. The van der Waals surface area contributed by atoms with Crippen molar-refractivity contribution < 1.29 is 9.53 Å². The van der Waals surface area contributed by atoms with Crippen LogP contribution in [0.25, 0.3) is 0 Å². The lowest BCUT2D eigenvalue weighted by molar-refractivity contribution is -0.127. The third-order valence-electron chi connectivity index (χ3n) is 5.43. The van der Waals surface area contributed by atoms with E-state index < -0.39 is 6.10 Å². The van der Waals surface area contributed by atoms with Crippen molar-refractivity contribution in [3.05, 3.63) is 28.8 Å². The number of fused-ring (bicyclic) bond motifs is 2. The Bertz CT molecular complexity index is 659. The second-order valence-electron chi connectivity index (χ2n) is 7.18. The molecule has 130 valence electrons. The molecule has 0 aliphatic heterocycles. The highest BCUT2D eigenvalue weighted by Gasteiger charge is 2.40. The molecule has 2 aliphatic rings. The van der Waals surface area contributed by atoms with Gasteiger partial charge in [-0.1, -0.05) is 18.0 Å². The minimum absolute atomic E-state index is 0.230. The van der Waals surface area contributed by atoms with Gasteiger partial charge in [0.15, 0.2) is 6.10 Å². The quantitative estimate of drug-likeness (QED) is 0.635. The first kappa shape index (κ1) is 17.3. The summed E-state index contributed by atoms with van der Waals surface area (Å²) in [5.74, 6) is 2.61. The lowest BCUT2D eigenvalue weighted by Crippen LogP contribution is -2.34. The van der Waals surface area contributed by atoms with Gasteiger partial charge in [0, 0.05) is 16.7 Å². The SMILES string of the molecule is C/C(=N/NC(=O)[C@@H](C)Oc1ccc(Cl)cc1C)[C@@H]1C[C@H]2CC[C@H]1C2. The summed E-state index contributed by atoms with van der Waals surface area (Å²) in [6, 6.07) is 5.36. The minimum atomic E-state index is -0.610. The van der Waals surface area contributed by atoms with E-state index >= 15 is 0 Å². The molecule has 0 unspecified atom stereocenters. The van der Waals surface area contributed by atoms with Crippen molar-refractivity contribution in [3.63, 3.8) is 0 Å². The molecular formula is C19H25ClN2O2. The zero-order valence-corrected chi connectivity index (χ0v) is 15.3. The number of amides is 1. The Labute approximate surface area is 148 Å². The van der Waals surface area contributed by atoms with Crippen LogP contribution in [-0.2, 0) is 4.79 Å². The molecule has 0 aromatic heterocycles. The van der Waals surface area contributed by atoms with Crippen LogP contribution in [0.4, 0.5) is 0 Å². The Morgan fingerprint density at radius 3 is 2.79 bits per heavy atom. The monoisotopic (exact) mass is 348 g/mol. The number of nitrogens with one attached hydrogen (secondary N) is 1. The molecule has 1 N–H and O–H groups in total. The van der Waals surface area contributed by atoms with Crippen molar-refractivity contribution in [2.24, 2.45) is 22.9 Å². The summed E-state index contributed by atoms with van der Waals surface area (Å²) in [5.41, 5.74) is 4.62. The second-order valence-corrected chi connectivity index (χ2v) is 7.62. The summed E-state index contributed by atoms with van der Waals surface area (Å²) in [6.45, 7) is 5.66. The molecule has 0 spiro atoms. The van der Waals surface area contributed by atoms with Crippen LogP contribution in [0.3, 0.4) is 0 Å². The highest BCUT2D eigenvalue weighted by atomic mass is 35.5. The molecule has 0 heterocycles. The van der Waals surface area contributed by atoms with Crippen LogP contribution in [0.15, 0.2) is 23.3 Å². The first-order chi connectivity index (χ1) is 11.4. The Morgan fingerprint density at radius 2 is 2.17 bits per heavy atom. The van der Waals surface area contributed by atoms with Crippen molar-refractivity contribution in [1.29, 1.82) is 0 Å². The van der Waals surface area contributed by atoms with Gasteiger partial charge in [0.05, 0.1) is 0 Å². The van der Waals surface area contributed by atoms with E-state index in [0.29, 0.717) is 16.7 Å². The van der Waals surface area contributed by atoms with Gasteiger partial charge >= 0.3 is 0 Å². The number of aryl methyl sites for hydroxylation is 1. The fourth-order valence-electron chi connectivity index (χ4n) is 4.06. The highest BCUT2D eigenvalue weighted by Crippen LogP contribution is 2.48. The maximum Gasteiger partial charge on any atom is 0.280 e. The van der Waals surface area contributed by atoms with Gasteiger partial charge in [-0.2, -0.15) is 5.10 Å². The summed E-state index contributed by atoms with van der Waals surface area (Å²) < 4.78 is 5.73. The largest absolute Gasteiger partial charge is 0.481 e. The first-order valence-electron chi connectivity index (χ1n) is 8.71. The van der Waals surface area contributed by atoms with Gasteiger partial charge in [-0.15, -0.1) is 0 Å². The Kier molecular flexibility index (Phi) is 5.14. The third kappa shape index (κ3) is 3.75. The highest BCUT2D eigenvalue weighted by molar-refractivity contribution is 6.30. The van der Waals surface area contributed by atoms with Crippen molar-refractivity contribution in [3.8, 4) is 5.75 Å². The van der Waals surface area contributed by atoms with E-state index in [-0.39, 0.29) is 5.91 Å². The number of benzene rings is 1. The van der Waals surface area contributed by atoms with Crippen molar-refractivity contribution >= 4 is 23.2 Å². The number of halogens is 1. The van der Waals surface area contributed by atoms with E-state index in [1.807, 2.05) is 19.9 Å². The average molecular weight is 349 g/mol. The second kappa shape index (κ2) is 7.14. The molecule has 4 atom stereocenters. The molecule has 1 amide bonds. The number of carbonyl (C=O) groups is 1. The maximum atomic E-state index is 12.2. The smallest absolute Gasteiger partial charge is 0.280 e. The first-order valence-corrected chi connectivity index (χ1v) is 9.08. The van der Waals surface area contributed by atoms with Crippen molar-refractivity contribution in [2.75, 3.05) is 0 Å². The Balaban J connectivity index is 1.55. The number of rotatable bonds is 5. The van der Waals surface area contributed by atoms with Crippen LogP contribution < -0.4 is 10.2 Å². The lowest BCUT2D eigenvalue weighted by atomic mass is 9.86. The predicted molar refractivity (Wildman–Crippen MR) is 96.5 cm³/mol. The molecule has 2 saturated carbocycles. The molecule has 2 aliphatic carbocycles. The van der Waals surface area contributed by atoms with Gasteiger partial charge < -0.3 is 4.74 Å². The molecule has 24 heavy (non-hydrogen) atoms. The summed E-state index contributed by atoms with van der Waals surface area (Å²) in [4.78, 5) is 12.2. The Morgan fingerprint density at radius 1 is 1.38 bits per heavy atom. The van der Waals surface area contributed by atoms with E-state index in [9.17, 15) is 4.79 Å². The van der Waals surface area contributed by atoms with Gasteiger partial charge in [0.2, 0.25) is 0 Å². The Hall–Kier alpha value is -1.55. The molecule has 3 rings (SSSR count). The van der Waals surface area contributed by atoms with Gasteiger partial charge in [-0.05, 0) is 75.6 Å². The molecule has 0 radical (unpaired) electrons. The lowest BCUT2D eigenvalue weighted by Gasteiger charge is -2.21. The number of hydrazone groups is 1. The number of hydrogen-bond donors (Lipinski definition) is 1. The van der Waals surface area contributed by atoms with Gasteiger partial charge in [-0.3, -0.25) is 4.79 Å². The van der Waals surface area contributed by atoms with Gasteiger partial charge in [0.1, 0.15) is 5.75 Å². The van der Waals surface area contributed by atoms with Crippen LogP contribution in [0, 0.1) is 24.7 Å². The van der Waals surface area contributed by atoms with Crippen molar-refractivity contribution in [1.82, 2.24) is 5.43 Å². The van der Waals surface area contributed by atoms with E-state index in [4.69, 9.17) is 16.3 Å². The van der Waals surface area contributed by atoms with Crippen molar-refractivity contribution in [2.45, 2.75) is 52.6 Å². The summed E-state index contributed by atoms with van der Waals surface area (Å²) in [7, 11) is 0. The fraction of sp³-hybridized carbons (Fsp3) is 0.579. The van der Waals surface area contributed by atoms with E-state index in [1.165, 1.54) is 25.7 Å². The average Bonchev–Trinajstić information content (AvgIpc) is 3.17. The fourth-order valence-corrected chi connectivity index (χ4v) is 4.29. The molecule has 1 aromatic rings. The van der Waals surface area contributed by atoms with Crippen LogP contribution >= 0.6 is 11.6 Å². The van der Waals surface area contributed by atoms with Crippen LogP contribution in [-0.4, -0.2) is 17.7 Å². The minimum Gasteiger partial charge on any atom is -0.481 e. The summed E-state index contributed by atoms with van der Waals surface area (Å²) in [6.07, 6.45) is 4.63. The number of nitrogens with zero attached hydrogens (tertiary/aromatic N) is 1. The normalized spacial score (nSPS) is 27.2. The van der Waals surface area contributed by atoms with Crippen LogP contribution in [0.5, 0.6) is 5.75 Å². The molecule has 2 bridgehead atoms. The third-order valence-corrected chi connectivity index (χ3v) is 5.66. The summed E-state index contributed by atoms with van der Waals surface area (Å²) in [5, 5.41) is 5.00. The van der Waals surface area contributed by atoms with Gasteiger partial charge in [0.25, 0.3) is 5.91 Å². The molecule has 1 aromatic carbocycles. The van der Waals surface area contributed by atoms with E-state index in [2.05, 4.69) is 10.5 Å². The van der Waals surface area contributed by atoms with Crippen LogP contribution in [0.2, 0.25) is 5.02 Å². The molecule has 4 nitrogen and oxygen atoms in total. The van der Waals surface area contributed by atoms with Crippen LogP contribution in [0.1, 0.15) is 45.1 Å². The van der Waals surface area contributed by atoms with E-state index in [0.717, 1.165) is 23.1 Å². The predicted octanol–water partition coefficient (Wildman–Crippen LogP) is 4.34. The molecule has 2 fully saturated rings. The number of ether oxygens (including phenoxy) is 1. The molecular weight excluding hydrogens is 324 g/mol. The standard InChI is InChI=1S/C19H25ClN2O2/c1-11-8-16(20)6-7-18(11)24-13(3)19(23)22-21-12(2)17-10-14-4-5-15(17)9-14/h6-8,13-15,17H,4-5,9-10H2,1-3H3,(H,22,23)/b21-12-/t13-,14+,15+,17+/m1/s1. The number of hydrogen-bond acceptors (Lipinski definition) is 3. The summed E-state index contributed by atoms with van der Waals surface area (Å²) >= 11 is 5.94. The maximum absolute atomic E-state index is 12.2. The van der Waals surface area contributed by atoms with E-state index in [1.54, 1.807) is 19.1 Å².